The number of hydrogen-bond donors (Lipinski definition) is 0. The monoisotopic (exact) mass is 462 g/mol. The zero-order chi connectivity index (χ0) is 23.6. The molecule has 1 unspecified atom stereocenters. The molecule has 0 saturated carbocycles. The first kappa shape index (κ1) is 23.2. The highest BCUT2D eigenvalue weighted by Crippen LogP contribution is 2.44. The third-order valence-electron chi connectivity index (χ3n) is 6.29. The van der Waals surface area contributed by atoms with Crippen LogP contribution in [0.15, 0.2) is 65.7 Å². The summed E-state index contributed by atoms with van der Waals surface area (Å²) in [5, 5.41) is 0.721. The Morgan fingerprint density at radius 3 is 2.48 bits per heavy atom. The van der Waals surface area contributed by atoms with Crippen molar-refractivity contribution in [3.05, 3.63) is 76.8 Å². The maximum Gasteiger partial charge on any atom is 0.131 e. The SMILES string of the molecule is CCN1c2cc(Cl)c(C=Nc3ccc(Oc4cccc(OC)c4)cc3)cc2C(C)CC1(C)C. The molecule has 5 heteroatoms. The number of nitrogens with zero attached hydrogens (tertiary/aromatic N) is 2. The second-order valence-electron chi connectivity index (χ2n) is 9.13. The van der Waals surface area contributed by atoms with Crippen molar-refractivity contribution in [2.24, 2.45) is 4.99 Å². The van der Waals surface area contributed by atoms with Crippen LogP contribution in [0.4, 0.5) is 11.4 Å². The number of aliphatic imine (C=N–C) groups is 1. The zero-order valence-corrected chi connectivity index (χ0v) is 20.7. The van der Waals surface area contributed by atoms with Gasteiger partial charge in [-0.1, -0.05) is 24.6 Å². The lowest BCUT2D eigenvalue weighted by atomic mass is 9.79. The molecule has 1 aliphatic rings. The molecule has 0 saturated heterocycles. The van der Waals surface area contributed by atoms with Crippen molar-refractivity contribution in [1.29, 1.82) is 0 Å². The molecule has 0 amide bonds. The molecular weight excluding hydrogens is 432 g/mol. The van der Waals surface area contributed by atoms with E-state index in [-0.39, 0.29) is 5.54 Å². The number of rotatable bonds is 6. The number of benzene rings is 3. The van der Waals surface area contributed by atoms with Crippen molar-refractivity contribution in [3.8, 4) is 17.2 Å². The molecule has 3 aromatic carbocycles. The first-order valence-electron chi connectivity index (χ1n) is 11.4. The quantitative estimate of drug-likeness (QED) is 0.348. The van der Waals surface area contributed by atoms with Gasteiger partial charge >= 0.3 is 0 Å². The van der Waals surface area contributed by atoms with Gasteiger partial charge in [-0.2, -0.15) is 0 Å². The molecule has 0 aromatic heterocycles. The second-order valence-corrected chi connectivity index (χ2v) is 9.53. The van der Waals surface area contributed by atoms with Gasteiger partial charge in [0.1, 0.15) is 17.2 Å². The highest BCUT2D eigenvalue weighted by atomic mass is 35.5. The maximum atomic E-state index is 6.68. The van der Waals surface area contributed by atoms with Crippen LogP contribution < -0.4 is 14.4 Å². The third-order valence-corrected chi connectivity index (χ3v) is 6.61. The smallest absolute Gasteiger partial charge is 0.131 e. The first-order valence-corrected chi connectivity index (χ1v) is 11.8. The lowest BCUT2D eigenvalue weighted by Gasteiger charge is -2.47. The summed E-state index contributed by atoms with van der Waals surface area (Å²) in [7, 11) is 1.64. The summed E-state index contributed by atoms with van der Waals surface area (Å²) >= 11 is 6.68. The second kappa shape index (κ2) is 9.48. The van der Waals surface area contributed by atoms with Crippen LogP contribution in [0.5, 0.6) is 17.2 Å². The van der Waals surface area contributed by atoms with Gasteiger partial charge in [0.2, 0.25) is 0 Å². The standard InChI is InChI=1S/C28H31ClN2O2/c1-6-31-27-16-26(29)20(14-25(27)19(2)17-28(31,3)4)18-30-21-10-12-22(13-11-21)33-24-9-7-8-23(15-24)32-5/h7-16,18-19H,6,17H2,1-5H3. The predicted octanol–water partition coefficient (Wildman–Crippen LogP) is 8.00. The van der Waals surface area contributed by atoms with Crippen LogP contribution in [0.25, 0.3) is 0 Å². The van der Waals surface area contributed by atoms with Gasteiger partial charge in [-0.3, -0.25) is 4.99 Å². The Labute approximate surface area is 201 Å². The zero-order valence-electron chi connectivity index (χ0n) is 19.9. The van der Waals surface area contributed by atoms with Crippen molar-refractivity contribution in [2.45, 2.75) is 45.6 Å². The summed E-state index contributed by atoms with van der Waals surface area (Å²) in [6, 6.07) is 19.5. The van der Waals surface area contributed by atoms with Crippen molar-refractivity contribution in [1.82, 2.24) is 0 Å². The van der Waals surface area contributed by atoms with E-state index < -0.39 is 0 Å². The van der Waals surface area contributed by atoms with Crippen LogP contribution >= 0.6 is 11.6 Å². The summed E-state index contributed by atoms with van der Waals surface area (Å²) in [5.41, 5.74) is 4.47. The Balaban J connectivity index is 1.53. The van der Waals surface area contributed by atoms with E-state index in [2.05, 4.69) is 49.7 Å². The Morgan fingerprint density at radius 1 is 1.06 bits per heavy atom. The minimum absolute atomic E-state index is 0.120. The average Bonchev–Trinajstić information content (AvgIpc) is 2.79. The van der Waals surface area contributed by atoms with Crippen molar-refractivity contribution >= 4 is 29.2 Å². The van der Waals surface area contributed by atoms with Gasteiger partial charge in [0.15, 0.2) is 0 Å². The summed E-state index contributed by atoms with van der Waals surface area (Å²) in [6.45, 7) is 10.1. The normalized spacial score (nSPS) is 17.2. The van der Waals surface area contributed by atoms with Crippen LogP contribution in [0.2, 0.25) is 5.02 Å². The molecule has 0 bridgehead atoms. The summed E-state index contributed by atoms with van der Waals surface area (Å²) < 4.78 is 11.2. The number of anilines is 1. The van der Waals surface area contributed by atoms with E-state index in [9.17, 15) is 0 Å². The predicted molar refractivity (Wildman–Crippen MR) is 138 cm³/mol. The number of hydrogen-bond acceptors (Lipinski definition) is 4. The van der Waals surface area contributed by atoms with Crippen molar-refractivity contribution < 1.29 is 9.47 Å². The van der Waals surface area contributed by atoms with Gasteiger partial charge in [-0.25, -0.2) is 0 Å². The minimum atomic E-state index is 0.120. The summed E-state index contributed by atoms with van der Waals surface area (Å²) in [4.78, 5) is 7.11. The first-order chi connectivity index (χ1) is 15.8. The Morgan fingerprint density at radius 2 is 1.79 bits per heavy atom. The highest BCUT2D eigenvalue weighted by molar-refractivity contribution is 6.33. The molecule has 4 nitrogen and oxygen atoms in total. The molecule has 172 valence electrons. The molecule has 0 spiro atoms. The van der Waals surface area contributed by atoms with Gasteiger partial charge in [0.05, 0.1) is 17.8 Å². The van der Waals surface area contributed by atoms with Crippen LogP contribution in [0.3, 0.4) is 0 Å². The highest BCUT2D eigenvalue weighted by Gasteiger charge is 2.35. The van der Waals surface area contributed by atoms with Crippen LogP contribution in [0.1, 0.15) is 51.2 Å². The Kier molecular flexibility index (Phi) is 6.66. The van der Waals surface area contributed by atoms with Crippen LogP contribution in [0, 0.1) is 0 Å². The van der Waals surface area contributed by atoms with E-state index in [1.54, 1.807) is 7.11 Å². The van der Waals surface area contributed by atoms with Gasteiger partial charge in [-0.15, -0.1) is 0 Å². The van der Waals surface area contributed by atoms with E-state index in [4.69, 9.17) is 21.1 Å². The summed E-state index contributed by atoms with van der Waals surface area (Å²) in [6.07, 6.45) is 2.96. The van der Waals surface area contributed by atoms with Gasteiger partial charge < -0.3 is 14.4 Å². The van der Waals surface area contributed by atoms with E-state index in [1.165, 1.54) is 11.3 Å². The molecule has 33 heavy (non-hydrogen) atoms. The topological polar surface area (TPSA) is 34.1 Å². The fraction of sp³-hybridized carbons (Fsp3) is 0.321. The third kappa shape index (κ3) is 5.01. The minimum Gasteiger partial charge on any atom is -0.497 e. The molecule has 3 aromatic rings. The molecule has 1 heterocycles. The lowest BCUT2D eigenvalue weighted by Crippen LogP contribution is -2.48. The van der Waals surface area contributed by atoms with E-state index in [0.717, 1.165) is 46.5 Å². The molecule has 0 fully saturated rings. The molecule has 0 aliphatic carbocycles. The fourth-order valence-corrected chi connectivity index (χ4v) is 4.97. The Bertz CT molecular complexity index is 1160. The van der Waals surface area contributed by atoms with Gasteiger partial charge in [0.25, 0.3) is 0 Å². The van der Waals surface area contributed by atoms with E-state index in [1.807, 2.05) is 54.7 Å². The lowest BCUT2D eigenvalue weighted by molar-refractivity contribution is 0.381. The van der Waals surface area contributed by atoms with E-state index >= 15 is 0 Å². The van der Waals surface area contributed by atoms with Crippen LogP contribution in [-0.2, 0) is 0 Å². The van der Waals surface area contributed by atoms with Crippen molar-refractivity contribution in [3.63, 3.8) is 0 Å². The molecule has 1 atom stereocenters. The largest absolute Gasteiger partial charge is 0.497 e. The molecular formula is C28H31ClN2O2. The number of fused-ring (bicyclic) bond motifs is 1. The van der Waals surface area contributed by atoms with E-state index in [0.29, 0.717) is 5.92 Å². The molecule has 4 rings (SSSR count). The maximum absolute atomic E-state index is 6.68. The summed E-state index contributed by atoms with van der Waals surface area (Å²) in [5.74, 6) is 2.70. The number of ether oxygens (including phenoxy) is 2. The fourth-order valence-electron chi connectivity index (χ4n) is 4.76. The Hall–Kier alpha value is -2.98. The van der Waals surface area contributed by atoms with Gasteiger partial charge in [0, 0.05) is 35.6 Å². The number of methoxy groups -OCH3 is 1. The molecule has 0 radical (unpaired) electrons. The van der Waals surface area contributed by atoms with Crippen molar-refractivity contribution in [2.75, 3.05) is 18.6 Å². The molecule has 0 N–H and O–H groups in total. The molecule has 1 aliphatic heterocycles. The van der Waals surface area contributed by atoms with Crippen LogP contribution in [-0.4, -0.2) is 25.4 Å². The average molecular weight is 463 g/mol. The number of halogens is 1. The van der Waals surface area contributed by atoms with Gasteiger partial charge in [-0.05, 0) is 87.2 Å².